The summed E-state index contributed by atoms with van der Waals surface area (Å²) in [5, 5.41) is 2.93. The molecule has 3 rings (SSSR count). The van der Waals surface area contributed by atoms with Crippen molar-refractivity contribution in [3.8, 4) is 0 Å². The van der Waals surface area contributed by atoms with E-state index in [9.17, 15) is 4.79 Å². The molecule has 0 spiro atoms. The molecule has 0 aliphatic carbocycles. The van der Waals surface area contributed by atoms with Gasteiger partial charge in [0.05, 0.1) is 24.1 Å². The third kappa shape index (κ3) is 5.78. The average Bonchev–Trinajstić information content (AvgIpc) is 2.72. The Kier molecular flexibility index (Phi) is 7.23. The summed E-state index contributed by atoms with van der Waals surface area (Å²) in [7, 11) is 0. The molecule has 156 valence electrons. The lowest BCUT2D eigenvalue weighted by Gasteiger charge is -2.36. The number of hydrogen-bond acceptors (Lipinski definition) is 5. The topological polar surface area (TPSA) is 57.7 Å². The molecule has 1 aromatic heterocycles. The van der Waals surface area contributed by atoms with Crippen molar-refractivity contribution in [3.63, 3.8) is 0 Å². The summed E-state index contributed by atoms with van der Waals surface area (Å²) < 4.78 is 5.78. The van der Waals surface area contributed by atoms with E-state index >= 15 is 0 Å². The van der Waals surface area contributed by atoms with Gasteiger partial charge in [-0.3, -0.25) is 9.69 Å². The van der Waals surface area contributed by atoms with Gasteiger partial charge in [0.15, 0.2) is 0 Å². The molecule has 6 heteroatoms. The van der Waals surface area contributed by atoms with Gasteiger partial charge in [0.2, 0.25) is 0 Å². The Labute approximate surface area is 173 Å². The van der Waals surface area contributed by atoms with E-state index < -0.39 is 0 Å². The molecule has 1 N–H and O–H groups in total. The molecule has 2 unspecified atom stereocenters. The Balaban J connectivity index is 1.59. The zero-order valence-corrected chi connectivity index (χ0v) is 17.9. The van der Waals surface area contributed by atoms with Crippen molar-refractivity contribution in [3.05, 3.63) is 53.7 Å². The van der Waals surface area contributed by atoms with Crippen molar-refractivity contribution < 1.29 is 9.53 Å². The largest absolute Gasteiger partial charge is 0.372 e. The smallest absolute Gasteiger partial charge is 0.255 e. The highest BCUT2D eigenvalue weighted by molar-refractivity contribution is 6.04. The number of nitrogens with one attached hydrogen (secondary N) is 1. The quantitative estimate of drug-likeness (QED) is 0.772. The molecule has 0 bridgehead atoms. The molecule has 2 aromatic rings. The number of amides is 1. The van der Waals surface area contributed by atoms with Gasteiger partial charge in [-0.15, -0.1) is 0 Å². The van der Waals surface area contributed by atoms with Crippen LogP contribution in [0.25, 0.3) is 0 Å². The van der Waals surface area contributed by atoms with Crippen LogP contribution in [0.2, 0.25) is 0 Å². The predicted molar refractivity (Wildman–Crippen MR) is 117 cm³/mol. The molecule has 2 heterocycles. The predicted octanol–water partition coefficient (Wildman–Crippen LogP) is 3.79. The number of carbonyl (C=O) groups is 1. The molecular weight excluding hydrogens is 364 g/mol. The van der Waals surface area contributed by atoms with E-state index in [0.29, 0.717) is 11.3 Å². The summed E-state index contributed by atoms with van der Waals surface area (Å²) >= 11 is 0. The number of ether oxygens (including phenoxy) is 1. The Morgan fingerprint density at radius 2 is 1.76 bits per heavy atom. The van der Waals surface area contributed by atoms with Crippen LogP contribution < -0.4 is 10.2 Å². The lowest BCUT2D eigenvalue weighted by atomic mass is 10.1. The highest BCUT2D eigenvalue weighted by Crippen LogP contribution is 2.20. The zero-order chi connectivity index (χ0) is 20.8. The minimum atomic E-state index is -0.123. The van der Waals surface area contributed by atoms with Crippen LogP contribution in [0.1, 0.15) is 43.6 Å². The number of pyridine rings is 1. The lowest BCUT2D eigenvalue weighted by Crippen LogP contribution is -2.45. The summed E-state index contributed by atoms with van der Waals surface area (Å²) in [6, 6.07) is 11.7. The molecule has 29 heavy (non-hydrogen) atoms. The van der Waals surface area contributed by atoms with Crippen molar-refractivity contribution in [2.24, 2.45) is 0 Å². The second kappa shape index (κ2) is 9.85. The number of aromatic nitrogens is 1. The molecule has 0 radical (unpaired) electrons. The average molecular weight is 397 g/mol. The van der Waals surface area contributed by atoms with Crippen LogP contribution in [-0.4, -0.2) is 54.2 Å². The van der Waals surface area contributed by atoms with Crippen LogP contribution in [-0.2, 0) is 11.3 Å². The summed E-state index contributed by atoms with van der Waals surface area (Å²) in [4.78, 5) is 21.7. The lowest BCUT2D eigenvalue weighted by molar-refractivity contribution is -0.00545. The highest BCUT2D eigenvalue weighted by Gasteiger charge is 2.23. The second-order valence-corrected chi connectivity index (χ2v) is 7.68. The van der Waals surface area contributed by atoms with Crippen LogP contribution in [0, 0.1) is 0 Å². The molecular formula is C23H32N4O2. The van der Waals surface area contributed by atoms with E-state index in [1.807, 2.05) is 36.4 Å². The maximum Gasteiger partial charge on any atom is 0.255 e. The van der Waals surface area contributed by atoms with Gasteiger partial charge in [0.1, 0.15) is 5.82 Å². The Hall–Kier alpha value is -2.44. The Morgan fingerprint density at radius 3 is 2.31 bits per heavy atom. The number of carbonyl (C=O) groups excluding carboxylic acids is 1. The minimum Gasteiger partial charge on any atom is -0.372 e. The maximum atomic E-state index is 12.6. The van der Waals surface area contributed by atoms with E-state index in [-0.39, 0.29) is 18.1 Å². The van der Waals surface area contributed by atoms with Gasteiger partial charge in [-0.2, -0.15) is 0 Å². The summed E-state index contributed by atoms with van der Waals surface area (Å²) in [5.74, 6) is 0.785. The fourth-order valence-electron chi connectivity index (χ4n) is 3.68. The van der Waals surface area contributed by atoms with Crippen LogP contribution in [0.15, 0.2) is 42.6 Å². The summed E-state index contributed by atoms with van der Waals surface area (Å²) in [5.41, 5.74) is 2.55. The van der Waals surface area contributed by atoms with Gasteiger partial charge >= 0.3 is 0 Å². The van der Waals surface area contributed by atoms with Crippen molar-refractivity contribution in [2.45, 2.75) is 46.4 Å². The molecule has 1 saturated heterocycles. The first-order valence-corrected chi connectivity index (χ1v) is 10.5. The molecule has 1 aromatic carbocycles. The first-order chi connectivity index (χ1) is 14.0. The monoisotopic (exact) mass is 396 g/mol. The van der Waals surface area contributed by atoms with Gasteiger partial charge in [-0.25, -0.2) is 4.98 Å². The SMILES string of the molecule is CCN(CC)Cc1ccc(C(=O)Nc2ccc(N3CC(C)OC(C)C3)nc2)cc1. The van der Waals surface area contributed by atoms with Crippen molar-refractivity contribution in [1.82, 2.24) is 9.88 Å². The molecule has 1 aliphatic rings. The fourth-order valence-corrected chi connectivity index (χ4v) is 3.68. The normalized spacial score (nSPS) is 19.4. The molecule has 6 nitrogen and oxygen atoms in total. The van der Waals surface area contributed by atoms with Crippen LogP contribution in [0.5, 0.6) is 0 Å². The third-order valence-electron chi connectivity index (χ3n) is 5.27. The van der Waals surface area contributed by atoms with Crippen molar-refractivity contribution in [1.29, 1.82) is 0 Å². The van der Waals surface area contributed by atoms with Crippen LogP contribution in [0.4, 0.5) is 11.5 Å². The number of rotatable bonds is 7. The summed E-state index contributed by atoms with van der Waals surface area (Å²) in [6.45, 7) is 13.0. The van der Waals surface area contributed by atoms with E-state index in [4.69, 9.17) is 4.74 Å². The maximum absolute atomic E-state index is 12.6. The van der Waals surface area contributed by atoms with Crippen LogP contribution >= 0.6 is 0 Å². The van der Waals surface area contributed by atoms with Crippen LogP contribution in [0.3, 0.4) is 0 Å². The van der Waals surface area contributed by atoms with E-state index in [1.54, 1.807) is 6.20 Å². The van der Waals surface area contributed by atoms with Crippen molar-refractivity contribution in [2.75, 3.05) is 36.4 Å². The standard InChI is InChI=1S/C23H32N4O2/c1-5-26(6-2)16-19-7-9-20(10-8-19)23(28)25-21-11-12-22(24-13-21)27-14-17(3)29-18(4)15-27/h7-13,17-18H,5-6,14-16H2,1-4H3,(H,25,28). The number of morpholine rings is 1. The van der Waals surface area contributed by atoms with Gasteiger partial charge in [0, 0.05) is 25.2 Å². The molecule has 2 atom stereocenters. The van der Waals surface area contributed by atoms with E-state index in [2.05, 4.69) is 47.8 Å². The highest BCUT2D eigenvalue weighted by atomic mass is 16.5. The van der Waals surface area contributed by atoms with Gasteiger partial charge in [-0.05, 0) is 56.8 Å². The van der Waals surface area contributed by atoms with Gasteiger partial charge in [0.25, 0.3) is 5.91 Å². The van der Waals surface area contributed by atoms with E-state index in [1.165, 1.54) is 5.56 Å². The number of benzene rings is 1. The van der Waals surface area contributed by atoms with E-state index in [0.717, 1.165) is 38.5 Å². The molecule has 1 aliphatic heterocycles. The number of nitrogens with zero attached hydrogens (tertiary/aromatic N) is 3. The minimum absolute atomic E-state index is 0.123. The molecule has 1 fully saturated rings. The first kappa shape index (κ1) is 21.3. The van der Waals surface area contributed by atoms with Crippen molar-refractivity contribution >= 4 is 17.4 Å². The second-order valence-electron chi connectivity index (χ2n) is 7.68. The Morgan fingerprint density at radius 1 is 1.10 bits per heavy atom. The molecule has 1 amide bonds. The number of anilines is 2. The van der Waals surface area contributed by atoms with Gasteiger partial charge in [-0.1, -0.05) is 26.0 Å². The first-order valence-electron chi connectivity index (χ1n) is 10.5. The summed E-state index contributed by atoms with van der Waals surface area (Å²) in [6.07, 6.45) is 2.08. The molecule has 0 saturated carbocycles. The van der Waals surface area contributed by atoms with Gasteiger partial charge < -0.3 is 15.0 Å². The number of hydrogen-bond donors (Lipinski definition) is 1. The Bertz CT molecular complexity index is 778. The fraction of sp³-hybridized carbons (Fsp3) is 0.478. The zero-order valence-electron chi connectivity index (χ0n) is 17.9. The third-order valence-corrected chi connectivity index (χ3v) is 5.27.